The van der Waals surface area contributed by atoms with Crippen molar-refractivity contribution < 1.29 is 5.11 Å². The number of para-hydroxylation sites is 2. The quantitative estimate of drug-likeness (QED) is 0.872. The normalized spacial score (nSPS) is 12.6. The van der Waals surface area contributed by atoms with E-state index in [1.54, 1.807) is 13.1 Å². The largest absolute Gasteiger partial charge is 0.393 e. The number of anilines is 1. The molecule has 0 aliphatic rings. The Morgan fingerprint density at radius 2 is 2.00 bits per heavy atom. The van der Waals surface area contributed by atoms with E-state index in [4.69, 9.17) is 0 Å². The molecule has 0 amide bonds. The number of hydrogen-bond donors (Lipinski definition) is 1. The average Bonchev–Trinajstić information content (AvgIpc) is 2.35. The molecule has 2 aromatic rings. The Labute approximate surface area is 101 Å². The highest BCUT2D eigenvalue weighted by Gasteiger charge is 2.05. The van der Waals surface area contributed by atoms with E-state index in [-0.39, 0.29) is 6.10 Å². The number of benzene rings is 1. The van der Waals surface area contributed by atoms with Crippen LogP contribution in [0.1, 0.15) is 13.3 Å². The van der Waals surface area contributed by atoms with Crippen molar-refractivity contribution in [3.05, 3.63) is 30.5 Å². The first-order valence-corrected chi connectivity index (χ1v) is 5.78. The summed E-state index contributed by atoms with van der Waals surface area (Å²) in [6.07, 6.45) is 2.21. The fourth-order valence-corrected chi connectivity index (χ4v) is 1.63. The molecule has 0 aliphatic heterocycles. The van der Waals surface area contributed by atoms with Gasteiger partial charge in [-0.15, -0.1) is 0 Å². The van der Waals surface area contributed by atoms with Crippen LogP contribution in [0.5, 0.6) is 0 Å². The molecule has 17 heavy (non-hydrogen) atoms. The van der Waals surface area contributed by atoms with Crippen LogP contribution in [0.25, 0.3) is 11.0 Å². The molecule has 2 rings (SSSR count). The fraction of sp³-hybridized carbons (Fsp3) is 0.385. The summed E-state index contributed by atoms with van der Waals surface area (Å²) in [6, 6.07) is 7.81. The molecule has 0 radical (unpaired) electrons. The summed E-state index contributed by atoms with van der Waals surface area (Å²) in [4.78, 5) is 10.9. The molecule has 1 unspecified atom stereocenters. The highest BCUT2D eigenvalue weighted by Crippen LogP contribution is 2.14. The van der Waals surface area contributed by atoms with Crippen molar-refractivity contribution in [3.8, 4) is 0 Å². The third kappa shape index (κ3) is 2.91. The molecule has 4 heteroatoms. The molecule has 0 spiro atoms. The zero-order valence-electron chi connectivity index (χ0n) is 10.2. The minimum Gasteiger partial charge on any atom is -0.393 e. The lowest BCUT2D eigenvalue weighted by atomic mass is 10.2. The number of hydrogen-bond acceptors (Lipinski definition) is 4. The van der Waals surface area contributed by atoms with E-state index in [1.165, 1.54) is 0 Å². The molecule has 90 valence electrons. The van der Waals surface area contributed by atoms with Crippen LogP contribution in [0, 0.1) is 0 Å². The molecule has 1 N–H and O–H groups in total. The number of aromatic nitrogens is 2. The van der Waals surface area contributed by atoms with Crippen LogP contribution >= 0.6 is 0 Å². The van der Waals surface area contributed by atoms with Crippen LogP contribution in [0.15, 0.2) is 30.5 Å². The second-order valence-corrected chi connectivity index (χ2v) is 4.28. The molecule has 0 saturated heterocycles. The van der Waals surface area contributed by atoms with E-state index in [0.717, 1.165) is 29.8 Å². The van der Waals surface area contributed by atoms with E-state index in [1.807, 2.05) is 36.2 Å². The predicted octanol–water partition coefficient (Wildman–Crippen LogP) is 1.84. The molecule has 0 aliphatic carbocycles. The van der Waals surface area contributed by atoms with Gasteiger partial charge in [-0.05, 0) is 25.5 Å². The summed E-state index contributed by atoms with van der Waals surface area (Å²) in [5, 5.41) is 9.26. The summed E-state index contributed by atoms with van der Waals surface area (Å²) in [7, 11) is 1.96. The van der Waals surface area contributed by atoms with Crippen LogP contribution in [0.4, 0.5) is 5.82 Å². The second-order valence-electron chi connectivity index (χ2n) is 4.28. The third-order valence-electron chi connectivity index (χ3n) is 2.71. The number of rotatable bonds is 4. The molecule has 1 aromatic heterocycles. The Bertz CT molecular complexity index is 499. The van der Waals surface area contributed by atoms with Gasteiger partial charge < -0.3 is 10.0 Å². The highest BCUT2D eigenvalue weighted by molar-refractivity contribution is 5.75. The topological polar surface area (TPSA) is 49.2 Å². The van der Waals surface area contributed by atoms with Gasteiger partial charge in [0.15, 0.2) is 0 Å². The van der Waals surface area contributed by atoms with Gasteiger partial charge in [0.25, 0.3) is 0 Å². The maximum atomic E-state index is 9.26. The lowest BCUT2D eigenvalue weighted by Crippen LogP contribution is -2.22. The number of aliphatic hydroxyl groups excluding tert-OH is 1. The first kappa shape index (κ1) is 11.8. The van der Waals surface area contributed by atoms with Gasteiger partial charge in [0.2, 0.25) is 0 Å². The smallest absolute Gasteiger partial charge is 0.147 e. The Morgan fingerprint density at radius 1 is 1.29 bits per heavy atom. The third-order valence-corrected chi connectivity index (χ3v) is 2.71. The van der Waals surface area contributed by atoms with Gasteiger partial charge in [-0.3, -0.25) is 4.98 Å². The average molecular weight is 231 g/mol. The lowest BCUT2D eigenvalue weighted by Gasteiger charge is -2.18. The van der Waals surface area contributed by atoms with Gasteiger partial charge in [0, 0.05) is 13.6 Å². The maximum absolute atomic E-state index is 9.26. The van der Waals surface area contributed by atoms with Crippen molar-refractivity contribution in [2.24, 2.45) is 0 Å². The molecule has 0 bridgehead atoms. The first-order valence-electron chi connectivity index (χ1n) is 5.78. The number of nitrogens with zero attached hydrogens (tertiary/aromatic N) is 3. The van der Waals surface area contributed by atoms with Gasteiger partial charge in [-0.1, -0.05) is 12.1 Å². The molecule has 0 fully saturated rings. The minimum atomic E-state index is -0.286. The van der Waals surface area contributed by atoms with Crippen molar-refractivity contribution in [2.75, 3.05) is 18.5 Å². The fourth-order valence-electron chi connectivity index (χ4n) is 1.63. The standard InChI is InChI=1S/C13H17N3O/c1-10(17)7-8-16(2)13-9-14-11-5-3-4-6-12(11)15-13/h3-6,9-10,17H,7-8H2,1-2H3. The Kier molecular flexibility index (Phi) is 3.54. The summed E-state index contributed by atoms with van der Waals surface area (Å²) in [5.41, 5.74) is 1.80. The molecule has 1 atom stereocenters. The molecule has 4 nitrogen and oxygen atoms in total. The molecule has 1 heterocycles. The van der Waals surface area contributed by atoms with Crippen LogP contribution in [-0.4, -0.2) is 34.8 Å². The summed E-state index contributed by atoms with van der Waals surface area (Å²) in [6.45, 7) is 2.56. The predicted molar refractivity (Wildman–Crippen MR) is 69.1 cm³/mol. The molecular formula is C13H17N3O. The number of aliphatic hydroxyl groups is 1. The summed E-state index contributed by atoms with van der Waals surface area (Å²) >= 11 is 0. The Balaban J connectivity index is 2.18. The zero-order chi connectivity index (χ0) is 12.3. The van der Waals surface area contributed by atoms with Gasteiger partial charge in [0.05, 0.1) is 23.3 Å². The molecule has 0 saturated carbocycles. The van der Waals surface area contributed by atoms with Gasteiger partial charge in [0.1, 0.15) is 5.82 Å². The van der Waals surface area contributed by atoms with Crippen LogP contribution in [0.2, 0.25) is 0 Å². The van der Waals surface area contributed by atoms with E-state index in [9.17, 15) is 5.11 Å². The number of fused-ring (bicyclic) bond motifs is 1. The van der Waals surface area contributed by atoms with E-state index in [2.05, 4.69) is 9.97 Å². The van der Waals surface area contributed by atoms with Gasteiger partial charge >= 0.3 is 0 Å². The van der Waals surface area contributed by atoms with Gasteiger partial charge in [-0.2, -0.15) is 0 Å². The lowest BCUT2D eigenvalue weighted by molar-refractivity contribution is 0.187. The van der Waals surface area contributed by atoms with Crippen molar-refractivity contribution in [1.82, 2.24) is 9.97 Å². The monoisotopic (exact) mass is 231 g/mol. The van der Waals surface area contributed by atoms with Crippen molar-refractivity contribution in [1.29, 1.82) is 0 Å². The van der Waals surface area contributed by atoms with Crippen LogP contribution in [0.3, 0.4) is 0 Å². The zero-order valence-corrected chi connectivity index (χ0v) is 10.2. The van der Waals surface area contributed by atoms with E-state index < -0.39 is 0 Å². The Morgan fingerprint density at radius 3 is 2.71 bits per heavy atom. The van der Waals surface area contributed by atoms with Crippen LogP contribution in [-0.2, 0) is 0 Å². The van der Waals surface area contributed by atoms with Crippen molar-refractivity contribution in [2.45, 2.75) is 19.4 Å². The molecular weight excluding hydrogens is 214 g/mol. The SMILES string of the molecule is CC(O)CCN(C)c1cnc2ccccc2n1. The highest BCUT2D eigenvalue weighted by atomic mass is 16.3. The minimum absolute atomic E-state index is 0.286. The maximum Gasteiger partial charge on any atom is 0.147 e. The van der Waals surface area contributed by atoms with Crippen molar-refractivity contribution >= 4 is 16.9 Å². The summed E-state index contributed by atoms with van der Waals surface area (Å²) in [5.74, 6) is 0.837. The molecule has 1 aromatic carbocycles. The second kappa shape index (κ2) is 5.10. The van der Waals surface area contributed by atoms with Crippen molar-refractivity contribution in [3.63, 3.8) is 0 Å². The van der Waals surface area contributed by atoms with Crippen LogP contribution < -0.4 is 4.90 Å². The van der Waals surface area contributed by atoms with Gasteiger partial charge in [-0.25, -0.2) is 4.98 Å². The Hall–Kier alpha value is -1.68. The van der Waals surface area contributed by atoms with E-state index in [0.29, 0.717) is 0 Å². The first-order chi connectivity index (χ1) is 8.16. The van der Waals surface area contributed by atoms with E-state index >= 15 is 0 Å². The summed E-state index contributed by atoms with van der Waals surface area (Å²) < 4.78 is 0.